The molecule has 0 saturated heterocycles. The van der Waals surface area contributed by atoms with Gasteiger partial charge < -0.3 is 19.7 Å². The molecule has 1 rings (SSSR count). The Bertz CT molecular complexity index is 467. The predicted molar refractivity (Wildman–Crippen MR) is 80.5 cm³/mol. The van der Waals surface area contributed by atoms with E-state index in [0.29, 0.717) is 0 Å². The largest absolute Gasteiger partial charge is 0.459 e. The number of hydrogen-bond acceptors (Lipinski definition) is 6. The summed E-state index contributed by atoms with van der Waals surface area (Å²) in [7, 11) is 0. The Labute approximate surface area is 137 Å². The van der Waals surface area contributed by atoms with Crippen molar-refractivity contribution < 1.29 is 29.3 Å². The van der Waals surface area contributed by atoms with E-state index in [1.54, 1.807) is 0 Å². The third-order valence-electron chi connectivity index (χ3n) is 2.50. The minimum absolute atomic E-state index is 0.0530. The molecule has 0 radical (unpaired) electrons. The highest BCUT2D eigenvalue weighted by Crippen LogP contribution is 2.09. The van der Waals surface area contributed by atoms with E-state index in [4.69, 9.17) is 32.7 Å². The van der Waals surface area contributed by atoms with Crippen LogP contribution in [0.2, 0.25) is 0 Å². The minimum atomic E-state index is -0.948. The highest BCUT2D eigenvalue weighted by Gasteiger charge is 2.15. The summed E-state index contributed by atoms with van der Waals surface area (Å²) in [6.07, 6.45) is -1.90. The third kappa shape index (κ3) is 6.19. The van der Waals surface area contributed by atoms with Gasteiger partial charge in [0.1, 0.15) is 25.4 Å². The molecule has 0 heterocycles. The van der Waals surface area contributed by atoms with Crippen molar-refractivity contribution in [2.24, 2.45) is 0 Å². The van der Waals surface area contributed by atoms with Crippen LogP contribution in [0.15, 0.2) is 24.3 Å². The Morgan fingerprint density at radius 1 is 0.955 bits per heavy atom. The van der Waals surface area contributed by atoms with E-state index >= 15 is 0 Å². The van der Waals surface area contributed by atoms with Gasteiger partial charge in [-0.1, -0.05) is 6.07 Å². The molecule has 0 amide bonds. The molecule has 22 heavy (non-hydrogen) atoms. The molecular formula is C14H16Cl2O6. The molecule has 0 bridgehead atoms. The van der Waals surface area contributed by atoms with Crippen LogP contribution in [0.4, 0.5) is 0 Å². The molecule has 2 atom stereocenters. The fraction of sp³-hybridized carbons (Fsp3) is 0.429. The van der Waals surface area contributed by atoms with Crippen molar-refractivity contribution in [1.29, 1.82) is 0 Å². The van der Waals surface area contributed by atoms with Crippen LogP contribution < -0.4 is 0 Å². The van der Waals surface area contributed by atoms with E-state index in [-0.39, 0.29) is 36.1 Å². The molecule has 0 spiro atoms. The normalized spacial score (nSPS) is 13.3. The molecule has 1 aromatic carbocycles. The number of esters is 2. The molecule has 0 saturated carbocycles. The number of rotatable bonds is 8. The minimum Gasteiger partial charge on any atom is -0.459 e. The van der Waals surface area contributed by atoms with E-state index < -0.39 is 24.1 Å². The Morgan fingerprint density at radius 2 is 1.36 bits per heavy atom. The van der Waals surface area contributed by atoms with Crippen molar-refractivity contribution in [3.8, 4) is 0 Å². The summed E-state index contributed by atoms with van der Waals surface area (Å²) >= 11 is 10.8. The molecule has 122 valence electrons. The first-order valence-corrected chi connectivity index (χ1v) is 7.47. The van der Waals surface area contributed by atoms with Gasteiger partial charge >= 0.3 is 11.9 Å². The van der Waals surface area contributed by atoms with E-state index in [2.05, 4.69) is 0 Å². The topological polar surface area (TPSA) is 93.1 Å². The first-order valence-electron chi connectivity index (χ1n) is 6.40. The first kappa shape index (κ1) is 18.7. The smallest absolute Gasteiger partial charge is 0.338 e. The number of benzene rings is 1. The Hall–Kier alpha value is -1.34. The SMILES string of the molecule is O=C(OCC(O)CCl)c1cccc(C(=O)OCC(O)CCl)c1. The molecule has 1 aromatic rings. The van der Waals surface area contributed by atoms with Crippen molar-refractivity contribution in [2.75, 3.05) is 25.0 Å². The zero-order chi connectivity index (χ0) is 16.5. The number of ether oxygens (including phenoxy) is 2. The number of hydrogen-bond donors (Lipinski definition) is 2. The Morgan fingerprint density at radius 3 is 1.73 bits per heavy atom. The summed E-state index contributed by atoms with van der Waals surface area (Å²) in [5, 5.41) is 18.4. The number of carbonyl (C=O) groups excluding carboxylic acids is 2. The Kier molecular flexibility index (Phi) is 8.19. The molecule has 0 fully saturated rings. The maximum Gasteiger partial charge on any atom is 0.338 e. The van der Waals surface area contributed by atoms with Crippen LogP contribution in [0.3, 0.4) is 0 Å². The van der Waals surface area contributed by atoms with Gasteiger partial charge in [0.2, 0.25) is 0 Å². The van der Waals surface area contributed by atoms with Crippen LogP contribution in [0.25, 0.3) is 0 Å². The zero-order valence-electron chi connectivity index (χ0n) is 11.6. The first-order chi connectivity index (χ1) is 10.5. The maximum atomic E-state index is 11.8. The van der Waals surface area contributed by atoms with Gasteiger partial charge in [0.15, 0.2) is 0 Å². The van der Waals surface area contributed by atoms with Crippen molar-refractivity contribution >= 4 is 35.1 Å². The second-order valence-corrected chi connectivity index (χ2v) is 5.01. The quantitative estimate of drug-likeness (QED) is 0.540. The van der Waals surface area contributed by atoms with E-state index in [9.17, 15) is 19.8 Å². The predicted octanol–water partition coefficient (Wildman–Crippen LogP) is 1.20. The molecule has 2 N–H and O–H groups in total. The fourth-order valence-electron chi connectivity index (χ4n) is 1.37. The Balaban J connectivity index is 2.64. The summed E-state index contributed by atoms with van der Waals surface area (Å²) < 4.78 is 9.70. The molecular weight excluding hydrogens is 335 g/mol. The van der Waals surface area contributed by atoms with Crippen molar-refractivity contribution in [1.82, 2.24) is 0 Å². The summed E-state index contributed by atoms with van der Waals surface area (Å²) in [6.45, 7) is -0.474. The summed E-state index contributed by atoms with van der Waals surface area (Å²) in [5.74, 6) is -1.50. The zero-order valence-corrected chi connectivity index (χ0v) is 13.1. The van der Waals surface area contributed by atoms with Crippen molar-refractivity contribution in [3.63, 3.8) is 0 Å². The summed E-state index contributed by atoms with van der Waals surface area (Å²) in [4.78, 5) is 23.5. The molecule has 6 nitrogen and oxygen atoms in total. The number of aliphatic hydroxyl groups excluding tert-OH is 2. The molecule has 0 aliphatic carbocycles. The highest BCUT2D eigenvalue weighted by molar-refractivity contribution is 6.18. The number of halogens is 2. The maximum absolute atomic E-state index is 11.8. The standard InChI is InChI=1S/C14H16Cl2O6/c15-5-11(17)7-21-13(19)9-2-1-3-10(4-9)14(20)22-8-12(18)6-16/h1-4,11-12,17-18H,5-8H2. The molecule has 0 aromatic heterocycles. The van der Waals surface area contributed by atoms with Crippen LogP contribution in [-0.4, -0.2) is 59.3 Å². The lowest BCUT2D eigenvalue weighted by molar-refractivity contribution is 0.0297. The van der Waals surface area contributed by atoms with E-state index in [0.717, 1.165) is 0 Å². The van der Waals surface area contributed by atoms with Gasteiger partial charge in [0, 0.05) is 0 Å². The van der Waals surface area contributed by atoms with E-state index in [1.807, 2.05) is 0 Å². The van der Waals surface area contributed by atoms with Crippen LogP contribution >= 0.6 is 23.2 Å². The highest BCUT2D eigenvalue weighted by atomic mass is 35.5. The molecule has 8 heteroatoms. The second kappa shape index (κ2) is 9.63. The number of carbonyl (C=O) groups is 2. The third-order valence-corrected chi connectivity index (χ3v) is 3.22. The second-order valence-electron chi connectivity index (χ2n) is 4.39. The molecule has 0 aliphatic heterocycles. The monoisotopic (exact) mass is 350 g/mol. The van der Waals surface area contributed by atoms with Gasteiger partial charge in [-0.3, -0.25) is 0 Å². The van der Waals surface area contributed by atoms with Crippen LogP contribution in [0.5, 0.6) is 0 Å². The summed E-state index contributed by atoms with van der Waals surface area (Å²) in [5.41, 5.74) is 0.267. The fourth-order valence-corrected chi connectivity index (χ4v) is 1.55. The van der Waals surface area contributed by atoms with Gasteiger partial charge in [-0.05, 0) is 18.2 Å². The average molecular weight is 351 g/mol. The van der Waals surface area contributed by atoms with Crippen LogP contribution in [-0.2, 0) is 9.47 Å². The number of aliphatic hydroxyl groups is 2. The molecule has 0 aliphatic rings. The lowest BCUT2D eigenvalue weighted by Gasteiger charge is -2.10. The van der Waals surface area contributed by atoms with E-state index in [1.165, 1.54) is 24.3 Å². The van der Waals surface area contributed by atoms with Crippen molar-refractivity contribution in [3.05, 3.63) is 35.4 Å². The average Bonchev–Trinajstić information content (AvgIpc) is 2.56. The number of alkyl halides is 2. The van der Waals surface area contributed by atoms with Gasteiger partial charge in [-0.15, -0.1) is 23.2 Å². The lowest BCUT2D eigenvalue weighted by Crippen LogP contribution is -2.21. The van der Waals surface area contributed by atoms with Gasteiger partial charge in [-0.2, -0.15) is 0 Å². The molecule has 2 unspecified atom stereocenters. The van der Waals surface area contributed by atoms with Gasteiger partial charge in [0.05, 0.1) is 22.9 Å². The van der Waals surface area contributed by atoms with Crippen molar-refractivity contribution in [2.45, 2.75) is 12.2 Å². The summed E-state index contributed by atoms with van der Waals surface area (Å²) in [6, 6.07) is 5.70. The van der Waals surface area contributed by atoms with Gasteiger partial charge in [0.25, 0.3) is 0 Å². The van der Waals surface area contributed by atoms with Crippen LogP contribution in [0, 0.1) is 0 Å². The van der Waals surface area contributed by atoms with Gasteiger partial charge in [-0.25, -0.2) is 9.59 Å². The van der Waals surface area contributed by atoms with Crippen LogP contribution in [0.1, 0.15) is 20.7 Å². The lowest BCUT2D eigenvalue weighted by atomic mass is 10.1.